The molecule has 0 radical (unpaired) electrons. The van der Waals surface area contributed by atoms with Crippen LogP contribution < -0.4 is 5.32 Å². The molecule has 0 aromatic heterocycles. The van der Waals surface area contributed by atoms with Crippen LogP contribution in [-0.2, 0) is 14.3 Å². The van der Waals surface area contributed by atoms with Gasteiger partial charge in [-0.05, 0) is 12.8 Å². The minimum atomic E-state index is -1.59. The lowest BCUT2D eigenvalue weighted by Crippen LogP contribution is -2.60. The third-order valence-corrected chi connectivity index (χ3v) is 13.1. The van der Waals surface area contributed by atoms with E-state index in [2.05, 4.69) is 19.2 Å². The van der Waals surface area contributed by atoms with Crippen LogP contribution in [0.4, 0.5) is 0 Å². The maximum atomic E-state index is 13.1. The second-order valence-electron chi connectivity index (χ2n) is 18.8. The van der Waals surface area contributed by atoms with Gasteiger partial charge in [0.2, 0.25) is 5.91 Å². The molecule has 0 aliphatic carbocycles. The molecule has 0 aromatic carbocycles. The number of unbranched alkanes of at least 4 members (excludes halogenated alkanes) is 34. The summed E-state index contributed by atoms with van der Waals surface area (Å²) < 4.78 is 11.2. The van der Waals surface area contributed by atoms with Crippen molar-refractivity contribution in [2.45, 2.75) is 307 Å². The van der Waals surface area contributed by atoms with Gasteiger partial charge in [0.15, 0.2) is 6.29 Å². The average molecular weight is 872 g/mol. The van der Waals surface area contributed by atoms with Crippen molar-refractivity contribution in [2.75, 3.05) is 13.2 Å². The maximum absolute atomic E-state index is 13.1. The van der Waals surface area contributed by atoms with Crippen molar-refractivity contribution in [3.05, 3.63) is 0 Å². The van der Waals surface area contributed by atoms with Gasteiger partial charge < -0.3 is 45.4 Å². The van der Waals surface area contributed by atoms with Crippen molar-refractivity contribution in [1.29, 1.82) is 0 Å². The zero-order chi connectivity index (χ0) is 44.6. The van der Waals surface area contributed by atoms with Gasteiger partial charge in [-0.15, -0.1) is 0 Å². The number of carbonyl (C=O) groups is 1. The fourth-order valence-corrected chi connectivity index (χ4v) is 8.76. The minimum Gasteiger partial charge on any atom is -0.394 e. The number of nitrogens with one attached hydrogen (secondary N) is 1. The van der Waals surface area contributed by atoms with Gasteiger partial charge in [-0.2, -0.15) is 0 Å². The van der Waals surface area contributed by atoms with E-state index in [0.717, 1.165) is 38.5 Å². The largest absolute Gasteiger partial charge is 0.394 e. The Kier molecular flexibility index (Phi) is 39.9. The van der Waals surface area contributed by atoms with E-state index in [9.17, 15) is 35.4 Å². The van der Waals surface area contributed by atoms with Gasteiger partial charge in [0.1, 0.15) is 30.5 Å². The Balaban J connectivity index is 2.29. The number of rotatable bonds is 45. The molecule has 0 aromatic rings. The van der Waals surface area contributed by atoms with E-state index in [4.69, 9.17) is 9.47 Å². The second kappa shape index (κ2) is 41.8. The SMILES string of the molecule is CCCCCCCCCCCCCCCCCCCCCCC(O)C(=O)NC(COC1OC(CO)C(O)C(O)C1O)C(O)CCCCCCCCCCCCCCCCCC. The van der Waals surface area contributed by atoms with Gasteiger partial charge in [-0.3, -0.25) is 4.79 Å². The molecule has 7 N–H and O–H groups in total. The smallest absolute Gasteiger partial charge is 0.249 e. The zero-order valence-electron chi connectivity index (χ0n) is 39.8. The minimum absolute atomic E-state index is 0.250. The number of aliphatic hydroxyl groups excluding tert-OH is 6. The van der Waals surface area contributed by atoms with Gasteiger partial charge in [-0.25, -0.2) is 0 Å². The molecule has 0 spiro atoms. The highest BCUT2D eigenvalue weighted by molar-refractivity contribution is 5.80. The van der Waals surface area contributed by atoms with Crippen LogP contribution in [0.1, 0.15) is 258 Å². The Morgan fingerprint density at radius 3 is 1.16 bits per heavy atom. The maximum Gasteiger partial charge on any atom is 0.249 e. The van der Waals surface area contributed by atoms with Crippen LogP contribution in [0.3, 0.4) is 0 Å². The van der Waals surface area contributed by atoms with Crippen molar-refractivity contribution in [2.24, 2.45) is 0 Å². The molecule has 10 heteroatoms. The first-order valence-corrected chi connectivity index (χ1v) is 26.3. The van der Waals surface area contributed by atoms with Crippen molar-refractivity contribution in [1.82, 2.24) is 5.32 Å². The van der Waals surface area contributed by atoms with Crippen molar-refractivity contribution in [3.63, 3.8) is 0 Å². The van der Waals surface area contributed by atoms with E-state index >= 15 is 0 Å². The lowest BCUT2D eigenvalue weighted by Gasteiger charge is -2.40. The Labute approximate surface area is 375 Å². The molecule has 0 saturated carbocycles. The van der Waals surface area contributed by atoms with Gasteiger partial charge in [-0.1, -0.05) is 245 Å². The number of aliphatic hydroxyl groups is 6. The van der Waals surface area contributed by atoms with Crippen molar-refractivity contribution in [3.8, 4) is 0 Å². The molecule has 1 saturated heterocycles. The average Bonchev–Trinajstić information content (AvgIpc) is 3.26. The molecule has 61 heavy (non-hydrogen) atoms. The van der Waals surface area contributed by atoms with Crippen LogP contribution >= 0.6 is 0 Å². The van der Waals surface area contributed by atoms with Gasteiger partial charge in [0.05, 0.1) is 25.4 Å². The molecule has 1 aliphatic heterocycles. The molecule has 8 atom stereocenters. The molecule has 1 aliphatic rings. The van der Waals surface area contributed by atoms with Crippen molar-refractivity contribution >= 4 is 5.91 Å². The summed E-state index contributed by atoms with van der Waals surface area (Å²) in [5.41, 5.74) is 0. The highest BCUT2D eigenvalue weighted by Gasteiger charge is 2.44. The van der Waals surface area contributed by atoms with Gasteiger partial charge in [0.25, 0.3) is 0 Å². The lowest BCUT2D eigenvalue weighted by molar-refractivity contribution is -0.302. The van der Waals surface area contributed by atoms with E-state index in [-0.39, 0.29) is 6.61 Å². The summed E-state index contributed by atoms with van der Waals surface area (Å²) in [5.74, 6) is -0.578. The molecule has 1 rings (SSSR count). The molecule has 1 fully saturated rings. The fraction of sp³-hybridized carbons (Fsp3) is 0.980. The first-order valence-electron chi connectivity index (χ1n) is 26.3. The highest BCUT2D eigenvalue weighted by Crippen LogP contribution is 2.23. The number of amides is 1. The number of ether oxygens (including phenoxy) is 2. The van der Waals surface area contributed by atoms with Crippen molar-refractivity contribution < 1.29 is 44.9 Å². The Bertz CT molecular complexity index is 942. The predicted molar refractivity (Wildman–Crippen MR) is 250 cm³/mol. The van der Waals surface area contributed by atoms with E-state index in [1.165, 1.54) is 193 Å². The molecule has 1 heterocycles. The first kappa shape index (κ1) is 58.2. The molecular formula is C51H101NO9. The fourth-order valence-electron chi connectivity index (χ4n) is 8.76. The van der Waals surface area contributed by atoms with Crippen LogP contribution in [0.2, 0.25) is 0 Å². The van der Waals surface area contributed by atoms with Gasteiger partial charge in [0, 0.05) is 0 Å². The van der Waals surface area contributed by atoms with E-state index in [1.807, 2.05) is 0 Å². The molecule has 8 unspecified atom stereocenters. The molecule has 0 bridgehead atoms. The second-order valence-corrected chi connectivity index (χ2v) is 18.8. The number of carbonyl (C=O) groups excluding carboxylic acids is 1. The molecule has 364 valence electrons. The van der Waals surface area contributed by atoms with E-state index in [0.29, 0.717) is 12.8 Å². The first-order chi connectivity index (χ1) is 29.8. The Hall–Kier alpha value is -0.850. The summed E-state index contributed by atoms with van der Waals surface area (Å²) in [6.45, 7) is 3.70. The van der Waals surface area contributed by atoms with Crippen LogP contribution in [0.15, 0.2) is 0 Å². The van der Waals surface area contributed by atoms with Crippen LogP contribution in [0, 0.1) is 0 Å². The highest BCUT2D eigenvalue weighted by atomic mass is 16.7. The third kappa shape index (κ3) is 31.6. The third-order valence-electron chi connectivity index (χ3n) is 13.1. The summed E-state index contributed by atoms with van der Waals surface area (Å²) in [6, 6.07) is -0.888. The predicted octanol–water partition coefficient (Wildman–Crippen LogP) is 10.9. The summed E-state index contributed by atoms with van der Waals surface area (Å²) in [4.78, 5) is 13.1. The van der Waals surface area contributed by atoms with Crippen LogP contribution in [0.5, 0.6) is 0 Å². The molecule has 1 amide bonds. The summed E-state index contributed by atoms with van der Waals surface area (Å²) >= 11 is 0. The summed E-state index contributed by atoms with van der Waals surface area (Å²) in [6.07, 6.45) is 37.2. The molecular weight excluding hydrogens is 771 g/mol. The quantitative estimate of drug-likeness (QED) is 0.0295. The van der Waals surface area contributed by atoms with Crippen LogP contribution in [-0.4, -0.2) is 98.7 Å². The van der Waals surface area contributed by atoms with E-state index < -0.39 is 61.5 Å². The monoisotopic (exact) mass is 872 g/mol. The molecule has 10 nitrogen and oxygen atoms in total. The zero-order valence-corrected chi connectivity index (χ0v) is 39.8. The Morgan fingerprint density at radius 1 is 0.492 bits per heavy atom. The van der Waals surface area contributed by atoms with Crippen LogP contribution in [0.25, 0.3) is 0 Å². The Morgan fingerprint density at radius 2 is 0.820 bits per heavy atom. The van der Waals surface area contributed by atoms with Gasteiger partial charge >= 0.3 is 0 Å². The number of hydrogen-bond acceptors (Lipinski definition) is 9. The topological polar surface area (TPSA) is 169 Å². The summed E-state index contributed by atoms with van der Waals surface area (Å²) in [7, 11) is 0. The number of hydrogen-bond donors (Lipinski definition) is 7. The van der Waals surface area contributed by atoms with E-state index in [1.54, 1.807) is 0 Å². The normalized spacial score (nSPS) is 20.8. The summed E-state index contributed by atoms with van der Waals surface area (Å²) in [5, 5.41) is 65.1. The standard InChI is InChI=1S/C51H101NO9/c1-3-5-7-9-11-13-15-17-19-21-22-23-24-26-28-30-32-34-36-38-40-45(55)50(59)52-43(42-60-51-49(58)48(57)47(56)46(41-53)61-51)44(54)39-37-35-33-31-29-27-25-20-18-16-14-12-10-8-6-4-2/h43-49,51,53-58H,3-42H2,1-2H3,(H,52,59). The lowest BCUT2D eigenvalue weighted by atomic mass is 9.99.